The number of rotatable bonds is 6. The van der Waals surface area contributed by atoms with Crippen LogP contribution in [0.25, 0.3) is 0 Å². The molecule has 0 aromatic heterocycles. The van der Waals surface area contributed by atoms with Crippen LogP contribution in [0.4, 0.5) is 0 Å². The van der Waals surface area contributed by atoms with Gasteiger partial charge in [-0.1, -0.05) is 24.3 Å². The topological polar surface area (TPSA) is 86.5 Å². The molecular formula is C14H17NO4. The summed E-state index contributed by atoms with van der Waals surface area (Å²) in [6.07, 6.45) is 0.245. The summed E-state index contributed by atoms with van der Waals surface area (Å²) in [6.45, 7) is 1.38. The molecule has 0 fully saturated rings. The summed E-state index contributed by atoms with van der Waals surface area (Å²) in [5.74, 6) is -0.852. The molecule has 0 aliphatic carbocycles. The zero-order valence-corrected chi connectivity index (χ0v) is 11.0. The Morgan fingerprint density at radius 3 is 2.26 bits per heavy atom. The second kappa shape index (κ2) is 6.80. The van der Waals surface area contributed by atoms with Crippen molar-refractivity contribution in [2.75, 3.05) is 7.11 Å². The molecule has 0 amide bonds. The van der Waals surface area contributed by atoms with Crippen molar-refractivity contribution < 1.29 is 19.1 Å². The van der Waals surface area contributed by atoms with E-state index in [1.807, 2.05) is 0 Å². The average molecular weight is 263 g/mol. The van der Waals surface area contributed by atoms with Crippen LogP contribution in [0.1, 0.15) is 29.3 Å². The van der Waals surface area contributed by atoms with Crippen molar-refractivity contribution >= 4 is 17.5 Å². The molecule has 102 valence electrons. The highest BCUT2D eigenvalue weighted by Crippen LogP contribution is 2.09. The summed E-state index contributed by atoms with van der Waals surface area (Å²) < 4.78 is 4.53. The van der Waals surface area contributed by atoms with Crippen molar-refractivity contribution in [1.82, 2.24) is 0 Å². The van der Waals surface area contributed by atoms with E-state index in [0.717, 1.165) is 5.56 Å². The van der Waals surface area contributed by atoms with Crippen molar-refractivity contribution in [3.8, 4) is 0 Å². The standard InChI is InChI=1S/C14H17NO4/c1-9(16)7-13(17)11-5-3-10(4-6-11)8-12(15)14(18)19-2/h3-6,12H,7-8,15H2,1-2H3/t12-/m0/s1. The van der Waals surface area contributed by atoms with E-state index in [1.54, 1.807) is 24.3 Å². The van der Waals surface area contributed by atoms with E-state index in [9.17, 15) is 14.4 Å². The number of hydrogen-bond donors (Lipinski definition) is 1. The Morgan fingerprint density at radius 1 is 1.21 bits per heavy atom. The lowest BCUT2D eigenvalue weighted by atomic mass is 10.0. The average Bonchev–Trinajstić information content (AvgIpc) is 2.37. The van der Waals surface area contributed by atoms with Gasteiger partial charge in [-0.25, -0.2) is 0 Å². The minimum absolute atomic E-state index is 0.0962. The van der Waals surface area contributed by atoms with Gasteiger partial charge in [0.1, 0.15) is 11.8 Å². The number of nitrogens with two attached hydrogens (primary N) is 1. The Kier molecular flexibility index (Phi) is 5.38. The Morgan fingerprint density at radius 2 is 1.79 bits per heavy atom. The van der Waals surface area contributed by atoms with Crippen molar-refractivity contribution in [3.05, 3.63) is 35.4 Å². The number of esters is 1. The minimum atomic E-state index is -0.719. The Hall–Kier alpha value is -2.01. The van der Waals surface area contributed by atoms with Crippen molar-refractivity contribution in [2.45, 2.75) is 25.8 Å². The van der Waals surface area contributed by atoms with Crippen LogP contribution in [0.5, 0.6) is 0 Å². The second-order valence-corrected chi connectivity index (χ2v) is 4.33. The highest BCUT2D eigenvalue weighted by molar-refractivity contribution is 6.07. The lowest BCUT2D eigenvalue weighted by Gasteiger charge is -2.09. The van der Waals surface area contributed by atoms with Gasteiger partial charge in [0.2, 0.25) is 0 Å². The smallest absolute Gasteiger partial charge is 0.322 e. The highest BCUT2D eigenvalue weighted by Gasteiger charge is 2.14. The summed E-state index contributed by atoms with van der Waals surface area (Å²) >= 11 is 0. The van der Waals surface area contributed by atoms with E-state index in [2.05, 4.69) is 4.74 Å². The van der Waals surface area contributed by atoms with E-state index in [-0.39, 0.29) is 18.0 Å². The summed E-state index contributed by atoms with van der Waals surface area (Å²) in [6, 6.07) is 5.98. The van der Waals surface area contributed by atoms with Crippen LogP contribution in [0, 0.1) is 0 Å². The first-order valence-electron chi connectivity index (χ1n) is 5.89. The van der Waals surface area contributed by atoms with Crippen LogP contribution in [-0.4, -0.2) is 30.7 Å². The Balaban J connectivity index is 2.69. The molecule has 19 heavy (non-hydrogen) atoms. The predicted molar refractivity (Wildman–Crippen MR) is 69.8 cm³/mol. The van der Waals surface area contributed by atoms with Gasteiger partial charge in [0.25, 0.3) is 0 Å². The molecule has 5 heteroatoms. The maximum atomic E-state index is 11.6. The van der Waals surface area contributed by atoms with Crippen LogP contribution in [0.3, 0.4) is 0 Å². The first kappa shape index (κ1) is 15.0. The van der Waals surface area contributed by atoms with Gasteiger partial charge in [-0.05, 0) is 18.9 Å². The van der Waals surface area contributed by atoms with E-state index < -0.39 is 12.0 Å². The predicted octanol–water partition coefficient (Wildman–Crippen LogP) is 0.891. The summed E-state index contributed by atoms with van der Waals surface area (Å²) in [5.41, 5.74) is 6.95. The number of carbonyl (C=O) groups is 3. The highest BCUT2D eigenvalue weighted by atomic mass is 16.5. The third kappa shape index (κ3) is 4.63. The fourth-order valence-electron chi connectivity index (χ4n) is 1.64. The normalized spacial score (nSPS) is 11.7. The molecule has 1 rings (SSSR count). The largest absolute Gasteiger partial charge is 0.468 e. The lowest BCUT2D eigenvalue weighted by molar-refractivity contribution is -0.142. The van der Waals surface area contributed by atoms with Gasteiger partial charge < -0.3 is 10.5 Å². The SMILES string of the molecule is COC(=O)[C@@H](N)Cc1ccc(C(=O)CC(C)=O)cc1. The molecule has 1 aromatic carbocycles. The fourth-order valence-corrected chi connectivity index (χ4v) is 1.64. The second-order valence-electron chi connectivity index (χ2n) is 4.33. The van der Waals surface area contributed by atoms with E-state index >= 15 is 0 Å². The summed E-state index contributed by atoms with van der Waals surface area (Å²) in [4.78, 5) is 33.7. The van der Waals surface area contributed by atoms with Gasteiger partial charge in [-0.3, -0.25) is 14.4 Å². The molecule has 0 spiro atoms. The molecular weight excluding hydrogens is 246 g/mol. The molecule has 0 bridgehead atoms. The van der Waals surface area contributed by atoms with Crippen molar-refractivity contribution in [3.63, 3.8) is 0 Å². The molecule has 1 aromatic rings. The first-order chi connectivity index (χ1) is 8.93. The number of Topliss-reactive ketones (excluding diaryl/α,β-unsaturated/α-hetero) is 2. The summed E-state index contributed by atoms with van der Waals surface area (Å²) in [5, 5.41) is 0. The maximum Gasteiger partial charge on any atom is 0.322 e. The van der Waals surface area contributed by atoms with E-state index in [1.165, 1.54) is 14.0 Å². The van der Waals surface area contributed by atoms with Crippen LogP contribution in [0.15, 0.2) is 24.3 Å². The Bertz CT molecular complexity index is 479. The molecule has 0 aliphatic rings. The van der Waals surface area contributed by atoms with E-state index in [4.69, 9.17) is 5.73 Å². The third-order valence-electron chi connectivity index (χ3n) is 2.64. The molecule has 5 nitrogen and oxygen atoms in total. The van der Waals surface area contributed by atoms with Crippen LogP contribution < -0.4 is 5.73 Å². The summed E-state index contributed by atoms with van der Waals surface area (Å²) in [7, 11) is 1.28. The number of carbonyl (C=O) groups excluding carboxylic acids is 3. The molecule has 0 unspecified atom stereocenters. The van der Waals surface area contributed by atoms with Crippen LogP contribution >= 0.6 is 0 Å². The van der Waals surface area contributed by atoms with Crippen LogP contribution in [-0.2, 0) is 20.7 Å². The first-order valence-corrected chi connectivity index (χ1v) is 5.89. The van der Waals surface area contributed by atoms with Gasteiger partial charge in [-0.15, -0.1) is 0 Å². The third-order valence-corrected chi connectivity index (χ3v) is 2.64. The molecule has 0 heterocycles. The van der Waals surface area contributed by atoms with Gasteiger partial charge in [0, 0.05) is 5.56 Å². The fraction of sp³-hybridized carbons (Fsp3) is 0.357. The number of ether oxygens (including phenoxy) is 1. The van der Waals surface area contributed by atoms with Gasteiger partial charge in [-0.2, -0.15) is 0 Å². The number of hydrogen-bond acceptors (Lipinski definition) is 5. The molecule has 0 saturated heterocycles. The lowest BCUT2D eigenvalue weighted by Crippen LogP contribution is -2.33. The molecule has 2 N–H and O–H groups in total. The monoisotopic (exact) mass is 263 g/mol. The molecule has 0 aliphatic heterocycles. The number of methoxy groups -OCH3 is 1. The van der Waals surface area contributed by atoms with Crippen molar-refractivity contribution in [2.24, 2.45) is 5.73 Å². The zero-order chi connectivity index (χ0) is 14.4. The van der Waals surface area contributed by atoms with Gasteiger partial charge in [0.15, 0.2) is 5.78 Å². The van der Waals surface area contributed by atoms with Gasteiger partial charge in [0.05, 0.1) is 13.5 Å². The zero-order valence-electron chi connectivity index (χ0n) is 11.0. The van der Waals surface area contributed by atoms with Crippen LogP contribution in [0.2, 0.25) is 0 Å². The maximum absolute atomic E-state index is 11.6. The molecule has 0 radical (unpaired) electrons. The quantitative estimate of drug-likeness (QED) is 0.468. The Labute approximate surface area is 111 Å². The number of ketones is 2. The molecule has 1 atom stereocenters. The number of benzene rings is 1. The van der Waals surface area contributed by atoms with Gasteiger partial charge >= 0.3 is 5.97 Å². The minimum Gasteiger partial charge on any atom is -0.468 e. The van der Waals surface area contributed by atoms with E-state index in [0.29, 0.717) is 12.0 Å². The molecule has 0 saturated carbocycles. The van der Waals surface area contributed by atoms with Crippen molar-refractivity contribution in [1.29, 1.82) is 0 Å².